The molecule has 160 valence electrons. The van der Waals surface area contributed by atoms with Crippen molar-refractivity contribution in [2.24, 2.45) is 0 Å². The third-order valence-corrected chi connectivity index (χ3v) is 6.13. The Hall–Kier alpha value is -3.27. The number of amides is 1. The predicted molar refractivity (Wildman–Crippen MR) is 111 cm³/mol. The first-order valence-corrected chi connectivity index (χ1v) is 10.8. The molecule has 1 aliphatic heterocycles. The van der Waals surface area contributed by atoms with Crippen molar-refractivity contribution in [1.29, 1.82) is 0 Å². The van der Waals surface area contributed by atoms with Gasteiger partial charge >= 0.3 is 5.97 Å². The molecule has 0 saturated carbocycles. The van der Waals surface area contributed by atoms with E-state index in [9.17, 15) is 18.0 Å². The molecule has 2 aromatic carbocycles. The summed E-state index contributed by atoms with van der Waals surface area (Å²) in [6.07, 6.45) is 0. The monoisotopic (exact) mass is 434 g/mol. The smallest absolute Gasteiger partial charge is 0.337 e. The average Bonchev–Trinajstić information content (AvgIpc) is 2.77. The minimum absolute atomic E-state index is 0.178. The fourth-order valence-electron chi connectivity index (χ4n) is 2.83. The number of sulfonamides is 1. The highest BCUT2D eigenvalue weighted by Gasteiger charge is 2.25. The molecule has 0 unspecified atom stereocenters. The Morgan fingerprint density at radius 2 is 1.73 bits per heavy atom. The van der Waals surface area contributed by atoms with Crippen LogP contribution in [0.4, 0.5) is 11.4 Å². The number of fused-ring (bicyclic) bond motifs is 1. The van der Waals surface area contributed by atoms with E-state index in [1.807, 2.05) is 0 Å². The van der Waals surface area contributed by atoms with Gasteiger partial charge in [-0.25, -0.2) is 13.2 Å². The second kappa shape index (κ2) is 9.04. The number of methoxy groups -OCH3 is 1. The van der Waals surface area contributed by atoms with Gasteiger partial charge in [-0.1, -0.05) is 0 Å². The van der Waals surface area contributed by atoms with E-state index < -0.39 is 28.4 Å². The summed E-state index contributed by atoms with van der Waals surface area (Å²) in [6, 6.07) is 10.8. The summed E-state index contributed by atoms with van der Waals surface area (Å²) < 4.78 is 41.9. The van der Waals surface area contributed by atoms with Crippen LogP contribution in [0.1, 0.15) is 17.3 Å². The van der Waals surface area contributed by atoms with E-state index in [4.69, 9.17) is 9.47 Å². The molecule has 10 heteroatoms. The first-order chi connectivity index (χ1) is 14.3. The van der Waals surface area contributed by atoms with Gasteiger partial charge in [0.05, 0.1) is 24.1 Å². The number of hydrogen-bond acceptors (Lipinski definition) is 7. The van der Waals surface area contributed by atoms with Gasteiger partial charge in [0, 0.05) is 11.8 Å². The van der Waals surface area contributed by atoms with E-state index in [2.05, 4.69) is 10.1 Å². The zero-order chi connectivity index (χ0) is 21.7. The second-order valence-electron chi connectivity index (χ2n) is 6.35. The van der Waals surface area contributed by atoms with Crippen molar-refractivity contribution < 1.29 is 32.2 Å². The predicted octanol–water partition coefficient (Wildman–Crippen LogP) is 2.04. The highest BCUT2D eigenvalue weighted by atomic mass is 32.2. The molecule has 0 bridgehead atoms. The first-order valence-electron chi connectivity index (χ1n) is 9.22. The van der Waals surface area contributed by atoms with Crippen LogP contribution < -0.4 is 19.1 Å². The van der Waals surface area contributed by atoms with Crippen molar-refractivity contribution in [3.05, 3.63) is 48.0 Å². The lowest BCUT2D eigenvalue weighted by Crippen LogP contribution is -2.39. The first kappa shape index (κ1) is 21.4. The molecular formula is C20H22N2O7S. The molecule has 3 rings (SSSR count). The van der Waals surface area contributed by atoms with Gasteiger partial charge in [-0.2, -0.15) is 0 Å². The Balaban J connectivity index is 1.78. The average molecular weight is 434 g/mol. The molecule has 0 aromatic heterocycles. The number of anilines is 2. The number of nitrogens with zero attached hydrogens (tertiary/aromatic N) is 1. The Morgan fingerprint density at radius 1 is 1.07 bits per heavy atom. The van der Waals surface area contributed by atoms with Crippen LogP contribution in [0.15, 0.2) is 42.5 Å². The second-order valence-corrected chi connectivity index (χ2v) is 8.53. The van der Waals surface area contributed by atoms with Crippen LogP contribution in [-0.4, -0.2) is 52.9 Å². The van der Waals surface area contributed by atoms with E-state index in [0.717, 1.165) is 4.31 Å². The van der Waals surface area contributed by atoms with Crippen LogP contribution in [0.3, 0.4) is 0 Å². The summed E-state index contributed by atoms with van der Waals surface area (Å²) in [5.74, 6) is -0.259. The third kappa shape index (κ3) is 4.82. The van der Waals surface area contributed by atoms with Gasteiger partial charge in [0.2, 0.25) is 15.9 Å². The fraction of sp³-hybridized carbons (Fsp3) is 0.300. The SMILES string of the molecule is CCS(=O)(=O)N(CC(=O)Nc1ccc(C(=O)OC)cc1)c1ccc2c(c1)OCCO2. The van der Waals surface area contributed by atoms with Gasteiger partial charge in [0.25, 0.3) is 0 Å². The van der Waals surface area contributed by atoms with Crippen molar-refractivity contribution in [2.75, 3.05) is 42.2 Å². The van der Waals surface area contributed by atoms with Crippen molar-refractivity contribution in [2.45, 2.75) is 6.92 Å². The summed E-state index contributed by atoms with van der Waals surface area (Å²) in [4.78, 5) is 24.1. The summed E-state index contributed by atoms with van der Waals surface area (Å²) in [7, 11) is -2.46. The lowest BCUT2D eigenvalue weighted by molar-refractivity contribution is -0.114. The molecule has 0 saturated heterocycles. The molecule has 1 amide bonds. The van der Waals surface area contributed by atoms with Gasteiger partial charge in [-0.3, -0.25) is 9.10 Å². The maximum atomic E-state index is 12.6. The van der Waals surface area contributed by atoms with Gasteiger partial charge in [0.1, 0.15) is 19.8 Å². The molecule has 9 nitrogen and oxygen atoms in total. The number of nitrogens with one attached hydrogen (secondary N) is 1. The van der Waals surface area contributed by atoms with E-state index in [0.29, 0.717) is 41.7 Å². The summed E-state index contributed by atoms with van der Waals surface area (Å²) in [5, 5.41) is 2.63. The zero-order valence-corrected chi connectivity index (χ0v) is 17.4. The highest BCUT2D eigenvalue weighted by molar-refractivity contribution is 7.92. The Labute approximate surface area is 174 Å². The normalized spacial score (nSPS) is 12.7. The molecule has 1 N–H and O–H groups in total. The van der Waals surface area contributed by atoms with Crippen molar-refractivity contribution in [3.63, 3.8) is 0 Å². The molecule has 1 heterocycles. The minimum Gasteiger partial charge on any atom is -0.486 e. The van der Waals surface area contributed by atoms with Crippen molar-refractivity contribution in [1.82, 2.24) is 0 Å². The fourth-order valence-corrected chi connectivity index (χ4v) is 3.89. The molecule has 1 aliphatic rings. The van der Waals surface area contributed by atoms with E-state index in [1.54, 1.807) is 18.2 Å². The zero-order valence-electron chi connectivity index (χ0n) is 16.6. The van der Waals surface area contributed by atoms with E-state index in [1.165, 1.54) is 38.3 Å². The van der Waals surface area contributed by atoms with Gasteiger partial charge in [-0.05, 0) is 43.3 Å². The lowest BCUT2D eigenvalue weighted by atomic mass is 10.2. The Bertz CT molecular complexity index is 1040. The molecule has 2 aromatic rings. The van der Waals surface area contributed by atoms with E-state index in [-0.39, 0.29) is 5.75 Å². The molecule has 0 spiro atoms. The van der Waals surface area contributed by atoms with Crippen LogP contribution in [0.5, 0.6) is 11.5 Å². The lowest BCUT2D eigenvalue weighted by Gasteiger charge is -2.25. The number of benzene rings is 2. The highest BCUT2D eigenvalue weighted by Crippen LogP contribution is 2.34. The largest absolute Gasteiger partial charge is 0.486 e. The van der Waals surface area contributed by atoms with Crippen LogP contribution in [0, 0.1) is 0 Å². The van der Waals surface area contributed by atoms with Crippen LogP contribution in [-0.2, 0) is 19.6 Å². The number of carbonyl (C=O) groups is 2. The Kier molecular flexibility index (Phi) is 6.46. The number of esters is 1. The molecule has 30 heavy (non-hydrogen) atoms. The van der Waals surface area contributed by atoms with Crippen molar-refractivity contribution >= 4 is 33.3 Å². The quantitative estimate of drug-likeness (QED) is 0.664. The van der Waals surface area contributed by atoms with Crippen molar-refractivity contribution in [3.8, 4) is 11.5 Å². The van der Waals surface area contributed by atoms with Gasteiger partial charge in [0.15, 0.2) is 11.5 Å². The maximum absolute atomic E-state index is 12.6. The topological polar surface area (TPSA) is 111 Å². The molecule has 0 aliphatic carbocycles. The number of hydrogen-bond donors (Lipinski definition) is 1. The number of rotatable bonds is 7. The minimum atomic E-state index is -3.73. The van der Waals surface area contributed by atoms with Crippen LogP contribution >= 0.6 is 0 Å². The molecular weight excluding hydrogens is 412 g/mol. The van der Waals surface area contributed by atoms with Crippen LogP contribution in [0.25, 0.3) is 0 Å². The third-order valence-electron chi connectivity index (χ3n) is 4.39. The van der Waals surface area contributed by atoms with Gasteiger partial charge in [-0.15, -0.1) is 0 Å². The summed E-state index contributed by atoms with van der Waals surface area (Å²) in [5.41, 5.74) is 1.06. The summed E-state index contributed by atoms with van der Waals surface area (Å²) in [6.45, 7) is 1.86. The number of carbonyl (C=O) groups excluding carboxylic acids is 2. The maximum Gasteiger partial charge on any atom is 0.337 e. The van der Waals surface area contributed by atoms with Crippen LogP contribution in [0.2, 0.25) is 0 Å². The standard InChI is InChI=1S/C20H22N2O7S/c1-3-30(25,26)22(16-8-9-17-18(12-16)29-11-10-28-17)13-19(23)21-15-6-4-14(5-7-15)20(24)27-2/h4-9,12H,3,10-11,13H2,1-2H3,(H,21,23). The summed E-state index contributed by atoms with van der Waals surface area (Å²) >= 11 is 0. The molecule has 0 atom stereocenters. The molecule has 0 radical (unpaired) electrons. The molecule has 0 fully saturated rings. The van der Waals surface area contributed by atoms with E-state index >= 15 is 0 Å². The Morgan fingerprint density at radius 3 is 2.37 bits per heavy atom. The number of ether oxygens (including phenoxy) is 3. The van der Waals surface area contributed by atoms with Gasteiger partial charge < -0.3 is 19.5 Å².